The number of nitrogens with one attached hydrogen (secondary N) is 1. The van der Waals surface area contributed by atoms with Crippen molar-refractivity contribution in [1.82, 2.24) is 4.98 Å². The van der Waals surface area contributed by atoms with Crippen molar-refractivity contribution in [3.63, 3.8) is 0 Å². The Kier molecular flexibility index (Phi) is 5.02. The fourth-order valence-corrected chi connectivity index (χ4v) is 2.48. The molecular formula is C15H24N2O2. The van der Waals surface area contributed by atoms with E-state index in [-0.39, 0.29) is 18.3 Å². The zero-order valence-corrected chi connectivity index (χ0v) is 12.1. The second kappa shape index (κ2) is 6.75. The van der Waals surface area contributed by atoms with Crippen molar-refractivity contribution in [3.8, 4) is 5.75 Å². The van der Waals surface area contributed by atoms with Gasteiger partial charge in [-0.1, -0.05) is 6.92 Å². The van der Waals surface area contributed by atoms with Gasteiger partial charge in [0.15, 0.2) is 0 Å². The number of hydrogen-bond donors (Lipinski definition) is 1. The second-order valence-corrected chi connectivity index (χ2v) is 5.30. The molecule has 1 N–H and O–H groups in total. The number of pyridine rings is 1. The Balaban J connectivity index is 1.94. The summed E-state index contributed by atoms with van der Waals surface area (Å²) in [6.07, 6.45) is 7.35. The van der Waals surface area contributed by atoms with Crippen molar-refractivity contribution >= 4 is 5.69 Å². The molecule has 0 aromatic carbocycles. The molecule has 1 aliphatic rings. The molecule has 106 valence electrons. The minimum Gasteiger partial charge on any atom is -0.489 e. The first kappa shape index (κ1) is 14.1. The van der Waals surface area contributed by atoms with Crippen LogP contribution in [0.5, 0.6) is 5.75 Å². The van der Waals surface area contributed by atoms with Gasteiger partial charge in [0, 0.05) is 25.5 Å². The molecule has 2 heterocycles. The number of hydrogen-bond acceptors (Lipinski definition) is 4. The van der Waals surface area contributed by atoms with Crippen LogP contribution in [0.4, 0.5) is 5.69 Å². The molecule has 4 nitrogen and oxygen atoms in total. The Morgan fingerprint density at radius 1 is 1.32 bits per heavy atom. The van der Waals surface area contributed by atoms with Gasteiger partial charge in [0.1, 0.15) is 11.9 Å². The molecule has 0 aliphatic carbocycles. The van der Waals surface area contributed by atoms with Crippen LogP contribution in [0.1, 0.15) is 40.0 Å². The third kappa shape index (κ3) is 4.39. The van der Waals surface area contributed by atoms with Gasteiger partial charge in [-0.15, -0.1) is 0 Å². The number of ether oxygens (including phenoxy) is 2. The summed E-state index contributed by atoms with van der Waals surface area (Å²) >= 11 is 0. The Morgan fingerprint density at radius 2 is 2.05 bits per heavy atom. The third-order valence-electron chi connectivity index (χ3n) is 3.25. The summed E-state index contributed by atoms with van der Waals surface area (Å²) in [5.74, 6) is 0.840. The van der Waals surface area contributed by atoms with Crippen molar-refractivity contribution in [1.29, 1.82) is 0 Å². The number of anilines is 1. The van der Waals surface area contributed by atoms with Crippen LogP contribution < -0.4 is 10.1 Å². The molecule has 2 unspecified atom stereocenters. The topological polar surface area (TPSA) is 43.4 Å². The van der Waals surface area contributed by atoms with Crippen molar-refractivity contribution < 1.29 is 9.47 Å². The van der Waals surface area contributed by atoms with Gasteiger partial charge in [-0.3, -0.25) is 4.98 Å². The Hall–Kier alpha value is -1.29. The molecular weight excluding hydrogens is 240 g/mol. The summed E-state index contributed by atoms with van der Waals surface area (Å²) in [4.78, 5) is 4.22. The van der Waals surface area contributed by atoms with Crippen molar-refractivity contribution in [3.05, 3.63) is 18.5 Å². The average molecular weight is 264 g/mol. The third-order valence-corrected chi connectivity index (χ3v) is 3.25. The lowest BCUT2D eigenvalue weighted by molar-refractivity contribution is -0.0721. The molecule has 0 radical (unpaired) electrons. The SMILES string of the molecule is CCCNc1cncc(OC2CC(C)OC(C)C2)c1. The van der Waals surface area contributed by atoms with E-state index in [0.29, 0.717) is 0 Å². The lowest BCUT2D eigenvalue weighted by atomic mass is 10.0. The fourth-order valence-electron chi connectivity index (χ4n) is 2.48. The minimum atomic E-state index is 0.224. The molecule has 1 aromatic rings. The normalized spacial score (nSPS) is 27.0. The minimum absolute atomic E-state index is 0.224. The predicted octanol–water partition coefficient (Wildman–Crippen LogP) is 3.24. The summed E-state index contributed by atoms with van der Waals surface area (Å²) in [5.41, 5.74) is 1.02. The summed E-state index contributed by atoms with van der Waals surface area (Å²) in [6, 6.07) is 2.02. The maximum Gasteiger partial charge on any atom is 0.140 e. The zero-order chi connectivity index (χ0) is 13.7. The first-order valence-corrected chi connectivity index (χ1v) is 7.18. The monoisotopic (exact) mass is 264 g/mol. The van der Waals surface area contributed by atoms with Gasteiger partial charge in [0.05, 0.1) is 30.3 Å². The van der Waals surface area contributed by atoms with Crippen LogP contribution >= 0.6 is 0 Å². The van der Waals surface area contributed by atoms with Gasteiger partial charge in [0.25, 0.3) is 0 Å². The Labute approximate surface area is 115 Å². The number of aromatic nitrogens is 1. The fraction of sp³-hybridized carbons (Fsp3) is 0.667. The highest BCUT2D eigenvalue weighted by Gasteiger charge is 2.25. The van der Waals surface area contributed by atoms with Crippen LogP contribution in [-0.4, -0.2) is 29.8 Å². The standard InChI is InChI=1S/C15H24N2O2/c1-4-5-17-13-8-15(10-16-9-13)19-14-6-11(2)18-12(3)7-14/h8-12,14,17H,4-7H2,1-3H3. The predicted molar refractivity (Wildman–Crippen MR) is 76.7 cm³/mol. The molecule has 1 aromatic heterocycles. The van der Waals surface area contributed by atoms with Crippen molar-refractivity contribution in [2.75, 3.05) is 11.9 Å². The first-order chi connectivity index (χ1) is 9.17. The van der Waals surface area contributed by atoms with Gasteiger partial charge >= 0.3 is 0 Å². The largest absolute Gasteiger partial charge is 0.489 e. The van der Waals surface area contributed by atoms with E-state index in [0.717, 1.165) is 37.2 Å². The van der Waals surface area contributed by atoms with Gasteiger partial charge in [-0.05, 0) is 20.3 Å². The zero-order valence-electron chi connectivity index (χ0n) is 12.1. The summed E-state index contributed by atoms with van der Waals surface area (Å²) in [6.45, 7) is 7.30. The number of nitrogens with zero attached hydrogens (tertiary/aromatic N) is 1. The summed E-state index contributed by atoms with van der Waals surface area (Å²) in [5, 5.41) is 3.32. The van der Waals surface area contributed by atoms with Crippen molar-refractivity contribution in [2.45, 2.75) is 58.3 Å². The van der Waals surface area contributed by atoms with E-state index < -0.39 is 0 Å². The van der Waals surface area contributed by atoms with Gasteiger partial charge in [0.2, 0.25) is 0 Å². The van der Waals surface area contributed by atoms with Crippen molar-refractivity contribution in [2.24, 2.45) is 0 Å². The maximum absolute atomic E-state index is 6.03. The molecule has 0 bridgehead atoms. The highest BCUT2D eigenvalue weighted by Crippen LogP contribution is 2.25. The van der Waals surface area contributed by atoms with Gasteiger partial charge < -0.3 is 14.8 Å². The molecule has 2 rings (SSSR count). The summed E-state index contributed by atoms with van der Waals surface area (Å²) in [7, 11) is 0. The van der Waals surface area contributed by atoms with E-state index in [1.54, 1.807) is 6.20 Å². The van der Waals surface area contributed by atoms with E-state index in [9.17, 15) is 0 Å². The molecule has 4 heteroatoms. The van der Waals surface area contributed by atoms with Crippen LogP contribution in [0.15, 0.2) is 18.5 Å². The van der Waals surface area contributed by atoms with Crippen LogP contribution in [0, 0.1) is 0 Å². The summed E-state index contributed by atoms with van der Waals surface area (Å²) < 4.78 is 11.8. The molecule has 1 aliphatic heterocycles. The smallest absolute Gasteiger partial charge is 0.140 e. The second-order valence-electron chi connectivity index (χ2n) is 5.30. The lowest BCUT2D eigenvalue weighted by Gasteiger charge is -2.32. The quantitative estimate of drug-likeness (QED) is 0.886. The lowest BCUT2D eigenvalue weighted by Crippen LogP contribution is -2.35. The van der Waals surface area contributed by atoms with Crippen LogP contribution in [0.25, 0.3) is 0 Å². The average Bonchev–Trinajstić information content (AvgIpc) is 2.35. The molecule has 2 atom stereocenters. The number of rotatable bonds is 5. The molecule has 1 saturated heterocycles. The van der Waals surface area contributed by atoms with Crippen LogP contribution in [0.2, 0.25) is 0 Å². The first-order valence-electron chi connectivity index (χ1n) is 7.18. The molecule has 0 amide bonds. The van der Waals surface area contributed by atoms with Crippen LogP contribution in [0.3, 0.4) is 0 Å². The van der Waals surface area contributed by atoms with Gasteiger partial charge in [-0.2, -0.15) is 0 Å². The molecule has 0 saturated carbocycles. The molecule has 0 spiro atoms. The van der Waals surface area contributed by atoms with E-state index in [1.807, 2.05) is 12.3 Å². The Morgan fingerprint density at radius 3 is 2.74 bits per heavy atom. The highest BCUT2D eigenvalue weighted by molar-refractivity contribution is 5.45. The van der Waals surface area contributed by atoms with Gasteiger partial charge in [-0.25, -0.2) is 0 Å². The van der Waals surface area contributed by atoms with E-state index in [4.69, 9.17) is 9.47 Å². The highest BCUT2D eigenvalue weighted by atomic mass is 16.5. The van der Waals surface area contributed by atoms with E-state index in [1.165, 1.54) is 0 Å². The molecule has 1 fully saturated rings. The molecule has 19 heavy (non-hydrogen) atoms. The maximum atomic E-state index is 6.03. The Bertz CT molecular complexity index is 387. The van der Waals surface area contributed by atoms with Crippen LogP contribution in [-0.2, 0) is 4.74 Å². The van der Waals surface area contributed by atoms with E-state index in [2.05, 4.69) is 31.1 Å². The van der Waals surface area contributed by atoms with E-state index >= 15 is 0 Å².